The first-order valence-electron chi connectivity index (χ1n) is 17.3. The Morgan fingerprint density at radius 2 is 0.940 bits per heavy atom. The second-order valence-electron chi connectivity index (χ2n) is 12.7. The van der Waals surface area contributed by atoms with Crippen LogP contribution >= 0.6 is 46.4 Å². The van der Waals surface area contributed by atoms with Crippen molar-refractivity contribution in [2.45, 2.75) is 139 Å². The van der Waals surface area contributed by atoms with Crippen LogP contribution in [0.15, 0.2) is 36.4 Å². The molecule has 8 nitrogen and oxygen atoms in total. The quantitative estimate of drug-likeness (QED) is 0.0567. The van der Waals surface area contributed by atoms with E-state index in [1.165, 1.54) is 12.1 Å². The Morgan fingerprint density at radius 3 is 1.26 bits per heavy atom. The smallest absolute Gasteiger partial charge is 0.423 e. The third-order valence-electron chi connectivity index (χ3n) is 7.73. The highest BCUT2D eigenvalue weighted by Gasteiger charge is 2.29. The standard InChI is InChI=1S/C38H50Cl4O8/c1-7-27(39)21-29(41)17-9-13-25-15-11-19-31(33(25)35(43)47-23(3)4)49-37(45)38(46)50-32-20-12-16-26(34(32)36(44)48-24(5)6)14-10-18-30(42)22-28(40)8-2/h11-12,15-16,19-20,23-24,27-30H,7-10,13-14,17-18,21-22H2,1-6H3. The summed E-state index contributed by atoms with van der Waals surface area (Å²) in [5.74, 6) is -4.50. The van der Waals surface area contributed by atoms with Gasteiger partial charge in [0.15, 0.2) is 0 Å². The maximum absolute atomic E-state index is 13.2. The van der Waals surface area contributed by atoms with E-state index in [4.69, 9.17) is 65.4 Å². The summed E-state index contributed by atoms with van der Waals surface area (Å²) in [5, 5.41) is -0.311. The van der Waals surface area contributed by atoms with E-state index < -0.39 is 36.1 Å². The average Bonchev–Trinajstić information content (AvgIpc) is 3.03. The molecule has 0 amide bonds. The number of alkyl halides is 4. The van der Waals surface area contributed by atoms with Gasteiger partial charge in [0, 0.05) is 21.5 Å². The molecule has 12 heteroatoms. The molecule has 0 aliphatic rings. The Labute approximate surface area is 316 Å². The molecule has 2 aromatic carbocycles. The molecule has 0 heterocycles. The lowest BCUT2D eigenvalue weighted by Crippen LogP contribution is -2.28. The maximum atomic E-state index is 13.2. The largest absolute Gasteiger partial charge is 0.459 e. The maximum Gasteiger partial charge on any atom is 0.423 e. The first-order chi connectivity index (χ1) is 23.7. The number of carbonyl (C=O) groups is 4. The molecule has 0 saturated carbocycles. The van der Waals surface area contributed by atoms with Crippen LogP contribution in [0.1, 0.15) is 125 Å². The van der Waals surface area contributed by atoms with Crippen molar-refractivity contribution in [1.82, 2.24) is 0 Å². The van der Waals surface area contributed by atoms with Crippen LogP contribution in [0.5, 0.6) is 11.5 Å². The molecule has 0 aromatic heterocycles. The van der Waals surface area contributed by atoms with Gasteiger partial charge in [0.2, 0.25) is 0 Å². The highest BCUT2D eigenvalue weighted by atomic mass is 35.5. The van der Waals surface area contributed by atoms with Gasteiger partial charge in [-0.05, 0) is 115 Å². The third-order valence-corrected chi connectivity index (χ3v) is 9.49. The molecule has 0 spiro atoms. The van der Waals surface area contributed by atoms with Crippen molar-refractivity contribution in [1.29, 1.82) is 0 Å². The molecule has 0 saturated heterocycles. The highest BCUT2D eigenvalue weighted by Crippen LogP contribution is 2.29. The Morgan fingerprint density at radius 1 is 0.580 bits per heavy atom. The van der Waals surface area contributed by atoms with E-state index in [1.807, 2.05) is 13.8 Å². The second-order valence-corrected chi connectivity index (χ2v) is 15.2. The van der Waals surface area contributed by atoms with E-state index in [0.717, 1.165) is 12.8 Å². The monoisotopic (exact) mass is 774 g/mol. The topological polar surface area (TPSA) is 105 Å². The molecular formula is C38H50Cl4O8. The lowest BCUT2D eigenvalue weighted by atomic mass is 9.99. The molecule has 0 aliphatic carbocycles. The lowest BCUT2D eigenvalue weighted by molar-refractivity contribution is -0.156. The molecule has 0 aliphatic heterocycles. The van der Waals surface area contributed by atoms with Crippen molar-refractivity contribution < 1.29 is 38.1 Å². The van der Waals surface area contributed by atoms with Gasteiger partial charge in [-0.25, -0.2) is 19.2 Å². The zero-order valence-corrected chi connectivity index (χ0v) is 32.8. The fourth-order valence-corrected chi connectivity index (χ4v) is 6.54. The van der Waals surface area contributed by atoms with Crippen LogP contribution in [0, 0.1) is 0 Å². The van der Waals surface area contributed by atoms with Crippen molar-refractivity contribution in [3.63, 3.8) is 0 Å². The normalized spacial score (nSPS) is 13.8. The molecule has 4 unspecified atom stereocenters. The first-order valence-corrected chi connectivity index (χ1v) is 19.1. The molecule has 0 bridgehead atoms. The summed E-state index contributed by atoms with van der Waals surface area (Å²) in [6.45, 7) is 10.8. The Kier molecular flexibility index (Phi) is 19.6. The third kappa shape index (κ3) is 15.0. The predicted molar refractivity (Wildman–Crippen MR) is 200 cm³/mol. The number of halogens is 4. The van der Waals surface area contributed by atoms with Crippen LogP contribution in [0.3, 0.4) is 0 Å². The number of ether oxygens (including phenoxy) is 4. The average molecular weight is 777 g/mol. The second kappa shape index (κ2) is 22.4. The Hall–Kier alpha value is -2.52. The summed E-state index contributed by atoms with van der Waals surface area (Å²) in [6, 6.07) is 9.49. The molecule has 278 valence electrons. The van der Waals surface area contributed by atoms with Gasteiger partial charge >= 0.3 is 23.9 Å². The van der Waals surface area contributed by atoms with Gasteiger partial charge in [0.1, 0.15) is 22.6 Å². The predicted octanol–water partition coefficient (Wildman–Crippen LogP) is 10.0. The molecule has 4 atom stereocenters. The van der Waals surface area contributed by atoms with Crippen LogP contribution in [0.2, 0.25) is 0 Å². The molecular weight excluding hydrogens is 726 g/mol. The van der Waals surface area contributed by atoms with Gasteiger partial charge in [-0.15, -0.1) is 46.4 Å². The molecule has 0 fully saturated rings. The van der Waals surface area contributed by atoms with Crippen LogP contribution in [0.4, 0.5) is 0 Å². The van der Waals surface area contributed by atoms with E-state index in [-0.39, 0.29) is 44.1 Å². The number of hydrogen-bond donors (Lipinski definition) is 0. The van der Waals surface area contributed by atoms with Crippen molar-refractivity contribution in [3.05, 3.63) is 58.7 Å². The number of aryl methyl sites for hydroxylation is 2. The zero-order valence-electron chi connectivity index (χ0n) is 29.8. The lowest BCUT2D eigenvalue weighted by Gasteiger charge is -2.17. The number of hydrogen-bond acceptors (Lipinski definition) is 8. The molecule has 2 aromatic rings. The van der Waals surface area contributed by atoms with Crippen LogP contribution in [0.25, 0.3) is 0 Å². The minimum absolute atomic E-state index is 0.0188. The van der Waals surface area contributed by atoms with Gasteiger partial charge in [-0.2, -0.15) is 0 Å². The Bertz CT molecular complexity index is 1310. The van der Waals surface area contributed by atoms with E-state index in [0.29, 0.717) is 62.5 Å². The SMILES string of the molecule is CCC(Cl)CC(Cl)CCCc1cccc(OC(=O)C(=O)Oc2cccc(CCCC(Cl)CC(Cl)CC)c2C(=O)OC(C)C)c1C(=O)OC(C)C. The van der Waals surface area contributed by atoms with E-state index >= 15 is 0 Å². The van der Waals surface area contributed by atoms with Gasteiger partial charge in [-0.3, -0.25) is 0 Å². The highest BCUT2D eigenvalue weighted by molar-refractivity contribution is 6.31. The minimum atomic E-state index is -1.39. The summed E-state index contributed by atoms with van der Waals surface area (Å²) in [4.78, 5) is 52.7. The summed E-state index contributed by atoms with van der Waals surface area (Å²) in [7, 11) is 0. The van der Waals surface area contributed by atoms with Crippen molar-refractivity contribution in [2.24, 2.45) is 0 Å². The molecule has 50 heavy (non-hydrogen) atoms. The van der Waals surface area contributed by atoms with Crippen LogP contribution in [-0.2, 0) is 31.9 Å². The minimum Gasteiger partial charge on any atom is -0.459 e. The number of rotatable bonds is 20. The first kappa shape index (κ1) is 43.6. The van der Waals surface area contributed by atoms with Gasteiger partial charge in [0.25, 0.3) is 0 Å². The molecule has 0 N–H and O–H groups in total. The number of carbonyl (C=O) groups excluding carboxylic acids is 4. The van der Waals surface area contributed by atoms with E-state index in [2.05, 4.69) is 0 Å². The summed E-state index contributed by atoms with van der Waals surface area (Å²) in [5.41, 5.74) is 1.19. The molecule has 0 radical (unpaired) electrons. The fourth-order valence-electron chi connectivity index (χ4n) is 5.18. The van der Waals surface area contributed by atoms with Gasteiger partial charge in [0.05, 0.1) is 12.2 Å². The summed E-state index contributed by atoms with van der Waals surface area (Å²) in [6.07, 6.45) is 5.46. The molecule has 2 rings (SSSR count). The summed E-state index contributed by atoms with van der Waals surface area (Å²) < 4.78 is 21.8. The van der Waals surface area contributed by atoms with Crippen LogP contribution < -0.4 is 9.47 Å². The van der Waals surface area contributed by atoms with Crippen molar-refractivity contribution >= 4 is 70.3 Å². The van der Waals surface area contributed by atoms with Gasteiger partial charge < -0.3 is 18.9 Å². The van der Waals surface area contributed by atoms with Crippen molar-refractivity contribution in [2.75, 3.05) is 0 Å². The summed E-state index contributed by atoms with van der Waals surface area (Å²) >= 11 is 25.5. The zero-order chi connectivity index (χ0) is 37.4. The van der Waals surface area contributed by atoms with E-state index in [9.17, 15) is 19.2 Å². The number of benzene rings is 2. The van der Waals surface area contributed by atoms with E-state index in [1.54, 1.807) is 52.0 Å². The number of esters is 4. The van der Waals surface area contributed by atoms with Gasteiger partial charge in [-0.1, -0.05) is 38.1 Å². The van der Waals surface area contributed by atoms with Crippen LogP contribution in [-0.4, -0.2) is 57.6 Å². The van der Waals surface area contributed by atoms with Crippen molar-refractivity contribution in [3.8, 4) is 11.5 Å². The Balaban J connectivity index is 2.29. The fraction of sp³-hybridized carbons (Fsp3) is 0.579.